The second kappa shape index (κ2) is 8.10. The van der Waals surface area contributed by atoms with E-state index >= 15 is 0 Å². The Labute approximate surface area is 165 Å². The first-order valence-corrected chi connectivity index (χ1v) is 10.5. The highest BCUT2D eigenvalue weighted by molar-refractivity contribution is 6.62. The summed E-state index contributed by atoms with van der Waals surface area (Å²) < 4.78 is 12.2. The number of aromatic nitrogens is 1. The molecule has 0 aromatic carbocycles. The van der Waals surface area contributed by atoms with Gasteiger partial charge in [-0.15, -0.1) is 0 Å². The van der Waals surface area contributed by atoms with Gasteiger partial charge in [0, 0.05) is 37.8 Å². The van der Waals surface area contributed by atoms with Crippen LogP contribution >= 0.6 is 0 Å². The van der Waals surface area contributed by atoms with Crippen molar-refractivity contribution in [1.82, 2.24) is 9.88 Å². The highest BCUT2D eigenvalue weighted by Gasteiger charge is 2.51. The van der Waals surface area contributed by atoms with Crippen molar-refractivity contribution in [3.05, 3.63) is 18.3 Å². The number of rotatable bonds is 7. The molecule has 6 heteroatoms. The standard InChI is InChI=1S/C21H36BN3O2/c1-7-25(18-10-8-9-11-18)15-14-24(6)19-13-12-17(16-23-19)22-26-20(2,3)21(4,5)27-22/h12-13,16,18H,7-11,14-15H2,1-6H3. The fourth-order valence-corrected chi connectivity index (χ4v) is 4.00. The normalized spacial score (nSPS) is 22.0. The van der Waals surface area contributed by atoms with Crippen LogP contribution in [0.15, 0.2) is 18.3 Å². The second-order valence-electron chi connectivity index (χ2n) is 9.03. The zero-order chi connectivity index (χ0) is 19.7. The van der Waals surface area contributed by atoms with E-state index in [4.69, 9.17) is 9.31 Å². The van der Waals surface area contributed by atoms with Crippen LogP contribution in [0.2, 0.25) is 0 Å². The van der Waals surface area contributed by atoms with Gasteiger partial charge in [-0.1, -0.05) is 25.8 Å². The van der Waals surface area contributed by atoms with E-state index in [9.17, 15) is 0 Å². The van der Waals surface area contributed by atoms with E-state index in [1.165, 1.54) is 25.7 Å². The molecule has 3 rings (SSSR count). The molecule has 1 saturated heterocycles. The molecular weight excluding hydrogens is 337 g/mol. The summed E-state index contributed by atoms with van der Waals surface area (Å²) in [6, 6.07) is 4.93. The number of nitrogens with zero attached hydrogens (tertiary/aromatic N) is 3. The van der Waals surface area contributed by atoms with Gasteiger partial charge in [0.05, 0.1) is 11.2 Å². The molecule has 1 aromatic heterocycles. The maximum atomic E-state index is 6.12. The molecule has 0 unspecified atom stereocenters. The van der Waals surface area contributed by atoms with Gasteiger partial charge < -0.3 is 14.2 Å². The van der Waals surface area contributed by atoms with Crippen molar-refractivity contribution in [3.63, 3.8) is 0 Å². The lowest BCUT2D eigenvalue weighted by atomic mass is 9.80. The molecule has 5 nitrogen and oxygen atoms in total. The highest BCUT2D eigenvalue weighted by atomic mass is 16.7. The fraction of sp³-hybridized carbons (Fsp3) is 0.762. The summed E-state index contributed by atoms with van der Waals surface area (Å²) in [4.78, 5) is 9.54. The second-order valence-corrected chi connectivity index (χ2v) is 9.03. The van der Waals surface area contributed by atoms with Crippen molar-refractivity contribution in [2.24, 2.45) is 0 Å². The van der Waals surface area contributed by atoms with E-state index in [0.29, 0.717) is 0 Å². The van der Waals surface area contributed by atoms with Crippen molar-refractivity contribution < 1.29 is 9.31 Å². The lowest BCUT2D eigenvalue weighted by molar-refractivity contribution is 0.00578. The van der Waals surface area contributed by atoms with Crippen LogP contribution in [0, 0.1) is 0 Å². The third-order valence-electron chi connectivity index (χ3n) is 6.66. The SMILES string of the molecule is CCN(CCN(C)c1ccc(B2OC(C)(C)C(C)(C)O2)cn1)C1CCCC1. The third-order valence-corrected chi connectivity index (χ3v) is 6.66. The van der Waals surface area contributed by atoms with Crippen LogP contribution in [0.4, 0.5) is 5.82 Å². The lowest BCUT2D eigenvalue weighted by Crippen LogP contribution is -2.41. The zero-order valence-electron chi connectivity index (χ0n) is 18.0. The summed E-state index contributed by atoms with van der Waals surface area (Å²) in [5, 5.41) is 0. The van der Waals surface area contributed by atoms with E-state index < -0.39 is 0 Å². The van der Waals surface area contributed by atoms with Gasteiger partial charge in [0.2, 0.25) is 0 Å². The van der Waals surface area contributed by atoms with E-state index in [1.807, 2.05) is 6.20 Å². The summed E-state index contributed by atoms with van der Waals surface area (Å²) in [5.41, 5.74) is 0.334. The maximum absolute atomic E-state index is 6.12. The van der Waals surface area contributed by atoms with E-state index in [0.717, 1.165) is 37.0 Å². The Kier molecular flexibility index (Phi) is 6.19. The Bertz CT molecular complexity index is 598. The zero-order valence-corrected chi connectivity index (χ0v) is 18.0. The minimum absolute atomic E-state index is 0.322. The molecule has 1 saturated carbocycles. The number of hydrogen-bond acceptors (Lipinski definition) is 5. The average molecular weight is 373 g/mol. The fourth-order valence-electron chi connectivity index (χ4n) is 4.00. The molecule has 150 valence electrons. The smallest absolute Gasteiger partial charge is 0.399 e. The molecule has 0 radical (unpaired) electrons. The number of likely N-dealkylation sites (N-methyl/N-ethyl adjacent to an activating group) is 2. The number of anilines is 1. The van der Waals surface area contributed by atoms with Crippen LogP contribution in [-0.4, -0.2) is 60.9 Å². The van der Waals surface area contributed by atoms with Crippen molar-refractivity contribution in [1.29, 1.82) is 0 Å². The minimum Gasteiger partial charge on any atom is -0.399 e. The predicted molar refractivity (Wildman–Crippen MR) is 113 cm³/mol. The quantitative estimate of drug-likeness (QED) is 0.687. The molecule has 1 aromatic rings. The molecule has 0 amide bonds. The van der Waals surface area contributed by atoms with Crippen molar-refractivity contribution >= 4 is 18.4 Å². The molecule has 1 aliphatic heterocycles. The monoisotopic (exact) mass is 373 g/mol. The first-order chi connectivity index (χ1) is 12.7. The van der Waals surface area contributed by atoms with Crippen LogP contribution in [0.1, 0.15) is 60.3 Å². The summed E-state index contributed by atoms with van der Waals surface area (Å²) in [6.07, 6.45) is 7.39. The van der Waals surface area contributed by atoms with Gasteiger partial charge in [-0.25, -0.2) is 4.98 Å². The number of pyridine rings is 1. The van der Waals surface area contributed by atoms with Crippen molar-refractivity contribution in [2.75, 3.05) is 31.6 Å². The molecule has 0 bridgehead atoms. The van der Waals surface area contributed by atoms with Crippen molar-refractivity contribution in [2.45, 2.75) is 77.5 Å². The Morgan fingerprint density at radius 2 is 1.70 bits per heavy atom. The molecular formula is C21H36BN3O2. The Morgan fingerprint density at radius 1 is 1.07 bits per heavy atom. The summed E-state index contributed by atoms with van der Waals surface area (Å²) in [6.45, 7) is 13.8. The van der Waals surface area contributed by atoms with Gasteiger partial charge in [-0.3, -0.25) is 4.90 Å². The maximum Gasteiger partial charge on any atom is 0.496 e. The molecule has 1 aliphatic carbocycles. The van der Waals surface area contributed by atoms with Crippen molar-refractivity contribution in [3.8, 4) is 0 Å². The van der Waals surface area contributed by atoms with Gasteiger partial charge in [-0.2, -0.15) is 0 Å². The molecule has 2 aliphatic rings. The first kappa shape index (κ1) is 20.6. The molecule has 0 spiro atoms. The van der Waals surface area contributed by atoms with Crippen LogP contribution in [0.3, 0.4) is 0 Å². The molecule has 0 N–H and O–H groups in total. The topological polar surface area (TPSA) is 37.8 Å². The van der Waals surface area contributed by atoms with Crippen LogP contribution in [0.25, 0.3) is 0 Å². The highest BCUT2D eigenvalue weighted by Crippen LogP contribution is 2.36. The lowest BCUT2D eigenvalue weighted by Gasteiger charge is -2.32. The molecule has 0 atom stereocenters. The van der Waals surface area contributed by atoms with Gasteiger partial charge in [0.15, 0.2) is 0 Å². The summed E-state index contributed by atoms with van der Waals surface area (Å²) >= 11 is 0. The van der Waals surface area contributed by atoms with Gasteiger partial charge in [0.25, 0.3) is 0 Å². The average Bonchev–Trinajstić information content (AvgIpc) is 3.22. The van der Waals surface area contributed by atoms with E-state index in [2.05, 4.69) is 68.6 Å². The Morgan fingerprint density at radius 3 is 2.22 bits per heavy atom. The van der Waals surface area contributed by atoms with E-state index in [1.54, 1.807) is 0 Å². The predicted octanol–water partition coefficient (Wildman–Crippen LogP) is 3.08. The molecule has 2 heterocycles. The van der Waals surface area contributed by atoms with Crippen LogP contribution in [-0.2, 0) is 9.31 Å². The first-order valence-electron chi connectivity index (χ1n) is 10.5. The Hall–Kier alpha value is -1.11. The molecule has 2 fully saturated rings. The largest absolute Gasteiger partial charge is 0.496 e. The van der Waals surface area contributed by atoms with Crippen LogP contribution in [0.5, 0.6) is 0 Å². The van der Waals surface area contributed by atoms with Gasteiger partial charge in [0.1, 0.15) is 5.82 Å². The Balaban J connectivity index is 1.57. The van der Waals surface area contributed by atoms with Gasteiger partial charge in [-0.05, 0) is 53.1 Å². The third kappa shape index (κ3) is 4.49. The summed E-state index contributed by atoms with van der Waals surface area (Å²) in [7, 11) is 1.78. The van der Waals surface area contributed by atoms with Crippen LogP contribution < -0.4 is 10.4 Å². The summed E-state index contributed by atoms with van der Waals surface area (Å²) in [5.74, 6) is 0.998. The minimum atomic E-state index is -0.347. The molecule has 27 heavy (non-hydrogen) atoms. The number of hydrogen-bond donors (Lipinski definition) is 0. The van der Waals surface area contributed by atoms with Gasteiger partial charge >= 0.3 is 7.12 Å². The van der Waals surface area contributed by atoms with E-state index in [-0.39, 0.29) is 18.3 Å².